The molecular formula is C38H70N+. The van der Waals surface area contributed by atoms with E-state index in [0.717, 1.165) is 0 Å². The smallest absolute Gasteiger partial charge is 0.171 e. The van der Waals surface area contributed by atoms with Crippen molar-refractivity contribution in [3.8, 4) is 0 Å². The van der Waals surface area contributed by atoms with Crippen LogP contribution in [0.25, 0.3) is 0 Å². The van der Waals surface area contributed by atoms with Crippen LogP contribution in [0.3, 0.4) is 0 Å². The number of aryl methyl sites for hydroxylation is 2. The van der Waals surface area contributed by atoms with Gasteiger partial charge in [-0.1, -0.05) is 154 Å². The molecule has 0 aromatic carbocycles. The first-order valence-electron chi connectivity index (χ1n) is 18.0. The zero-order valence-electron chi connectivity index (χ0n) is 26.9. The van der Waals surface area contributed by atoms with Gasteiger partial charge in [0.1, 0.15) is 6.54 Å². The maximum absolute atomic E-state index is 2.44. The molecule has 1 rings (SSSR count). The van der Waals surface area contributed by atoms with Gasteiger partial charge in [0, 0.05) is 18.1 Å². The number of hydrogen-bond donors (Lipinski definition) is 0. The molecular weight excluding hydrogens is 470 g/mol. The summed E-state index contributed by atoms with van der Waals surface area (Å²) in [4.78, 5) is 0. The molecule has 0 aliphatic heterocycles. The Morgan fingerprint density at radius 1 is 0.487 bits per heavy atom. The summed E-state index contributed by atoms with van der Waals surface area (Å²) in [6, 6.07) is 4.59. The Morgan fingerprint density at radius 3 is 1.38 bits per heavy atom. The van der Waals surface area contributed by atoms with Crippen molar-refractivity contribution in [1.29, 1.82) is 0 Å². The van der Waals surface area contributed by atoms with E-state index in [1.54, 1.807) is 0 Å². The highest BCUT2D eigenvalue weighted by Crippen LogP contribution is 2.14. The van der Waals surface area contributed by atoms with Crippen molar-refractivity contribution in [2.45, 2.75) is 200 Å². The summed E-state index contributed by atoms with van der Waals surface area (Å²) in [7, 11) is 0. The van der Waals surface area contributed by atoms with Crippen LogP contribution in [0.4, 0.5) is 0 Å². The van der Waals surface area contributed by atoms with Gasteiger partial charge in [-0.2, -0.15) is 0 Å². The number of hydrogen-bond acceptors (Lipinski definition) is 0. The van der Waals surface area contributed by atoms with Gasteiger partial charge in [-0.3, -0.25) is 0 Å². The first-order chi connectivity index (χ1) is 19.4. The van der Waals surface area contributed by atoms with E-state index in [2.05, 4.69) is 55.1 Å². The Bertz CT molecular complexity index is 633. The van der Waals surface area contributed by atoms with Crippen molar-refractivity contribution in [2.24, 2.45) is 0 Å². The minimum Gasteiger partial charge on any atom is -0.205 e. The largest absolute Gasteiger partial charge is 0.205 e. The highest BCUT2D eigenvalue weighted by atomic mass is 14.9. The quantitative estimate of drug-likeness (QED) is 0.0519. The minimum absolute atomic E-state index is 1.19. The van der Waals surface area contributed by atoms with Crippen molar-refractivity contribution in [3.05, 3.63) is 42.2 Å². The van der Waals surface area contributed by atoms with E-state index in [0.29, 0.717) is 0 Å². The molecule has 0 N–H and O–H groups in total. The van der Waals surface area contributed by atoms with Crippen molar-refractivity contribution in [1.82, 2.24) is 0 Å². The molecule has 0 aliphatic rings. The van der Waals surface area contributed by atoms with Crippen LogP contribution in [-0.4, -0.2) is 0 Å². The number of nitrogens with zero attached hydrogens (tertiary/aromatic N) is 1. The van der Waals surface area contributed by atoms with Crippen LogP contribution in [0.2, 0.25) is 0 Å². The van der Waals surface area contributed by atoms with Gasteiger partial charge in [-0.15, -0.1) is 0 Å². The van der Waals surface area contributed by atoms with Crippen LogP contribution in [0.5, 0.6) is 0 Å². The topological polar surface area (TPSA) is 3.88 Å². The van der Waals surface area contributed by atoms with Crippen molar-refractivity contribution in [2.75, 3.05) is 0 Å². The summed E-state index contributed by atoms with van der Waals surface area (Å²) in [6.07, 6.45) is 48.8. The van der Waals surface area contributed by atoms with Crippen LogP contribution in [-0.2, 0) is 13.0 Å². The second kappa shape index (κ2) is 29.9. The molecule has 1 heteroatoms. The third kappa shape index (κ3) is 25.6. The van der Waals surface area contributed by atoms with E-state index in [1.165, 1.54) is 192 Å². The molecule has 0 radical (unpaired) electrons. The molecule has 1 heterocycles. The van der Waals surface area contributed by atoms with Gasteiger partial charge in [0.2, 0.25) is 0 Å². The van der Waals surface area contributed by atoms with E-state index in [4.69, 9.17) is 0 Å². The fraction of sp³-hybridized carbons (Fsp3) is 0.816. The van der Waals surface area contributed by atoms with Crippen LogP contribution in [0, 0.1) is 0 Å². The van der Waals surface area contributed by atoms with Gasteiger partial charge >= 0.3 is 0 Å². The summed E-state index contributed by atoms with van der Waals surface area (Å²) in [5.41, 5.74) is 1.53. The lowest BCUT2D eigenvalue weighted by Gasteiger charge is -2.04. The molecule has 0 fully saturated rings. The maximum atomic E-state index is 2.44. The molecule has 1 aromatic heterocycles. The number of rotatable bonds is 30. The summed E-state index contributed by atoms with van der Waals surface area (Å²) in [6.45, 7) is 5.79. The molecule has 0 saturated carbocycles. The third-order valence-corrected chi connectivity index (χ3v) is 8.42. The zero-order chi connectivity index (χ0) is 27.9. The Balaban J connectivity index is 1.89. The molecule has 39 heavy (non-hydrogen) atoms. The van der Waals surface area contributed by atoms with Crippen LogP contribution in [0.1, 0.15) is 193 Å². The maximum Gasteiger partial charge on any atom is 0.171 e. The van der Waals surface area contributed by atoms with Gasteiger partial charge in [0.15, 0.2) is 12.4 Å². The number of allylic oxidation sites excluding steroid dienone is 2. The average Bonchev–Trinajstić information content (AvgIpc) is 2.95. The Kier molecular flexibility index (Phi) is 27.5. The first-order valence-corrected chi connectivity index (χ1v) is 18.0. The second-order valence-corrected chi connectivity index (χ2v) is 12.4. The van der Waals surface area contributed by atoms with E-state index in [-0.39, 0.29) is 0 Å². The van der Waals surface area contributed by atoms with E-state index in [9.17, 15) is 0 Å². The van der Waals surface area contributed by atoms with Crippen LogP contribution < -0.4 is 4.57 Å². The summed E-state index contributed by atoms with van der Waals surface area (Å²) < 4.78 is 2.44. The lowest BCUT2D eigenvalue weighted by Crippen LogP contribution is -2.33. The Morgan fingerprint density at radius 2 is 0.897 bits per heavy atom. The normalized spacial score (nSPS) is 11.6. The van der Waals surface area contributed by atoms with Crippen molar-refractivity contribution >= 4 is 0 Å². The first kappa shape index (κ1) is 35.9. The third-order valence-electron chi connectivity index (χ3n) is 8.42. The average molecular weight is 541 g/mol. The van der Waals surface area contributed by atoms with E-state index in [1.807, 2.05) is 0 Å². The van der Waals surface area contributed by atoms with E-state index >= 15 is 0 Å². The standard InChI is InChI=1S/C38H70N/c1-3-5-7-9-11-13-15-17-18-19-21-23-25-27-29-31-35-39-36-32-34-38(37-39)33-30-28-26-24-22-20-16-14-12-10-8-6-4-2/h17-18,32,34,36-37H,3-16,19-31,33,35H2,1-2H3/q+1/b18-17-. The highest BCUT2D eigenvalue weighted by Gasteiger charge is 2.03. The molecule has 0 atom stereocenters. The molecule has 0 amide bonds. The molecule has 0 bridgehead atoms. The molecule has 0 spiro atoms. The summed E-state index contributed by atoms with van der Waals surface area (Å²) in [5, 5.41) is 0. The predicted molar refractivity (Wildman–Crippen MR) is 175 cm³/mol. The number of unbranched alkanes of at least 4 members (excludes halogenated alkanes) is 24. The molecule has 0 aliphatic carbocycles. The van der Waals surface area contributed by atoms with Gasteiger partial charge in [0.05, 0.1) is 0 Å². The second-order valence-electron chi connectivity index (χ2n) is 12.4. The minimum atomic E-state index is 1.19. The fourth-order valence-electron chi connectivity index (χ4n) is 5.75. The fourth-order valence-corrected chi connectivity index (χ4v) is 5.75. The van der Waals surface area contributed by atoms with Crippen molar-refractivity contribution < 1.29 is 4.57 Å². The highest BCUT2D eigenvalue weighted by molar-refractivity contribution is 5.05. The summed E-state index contributed by atoms with van der Waals surface area (Å²) >= 11 is 0. The molecule has 0 unspecified atom stereocenters. The van der Waals surface area contributed by atoms with Gasteiger partial charge in [0.25, 0.3) is 0 Å². The van der Waals surface area contributed by atoms with Gasteiger partial charge in [-0.05, 0) is 51.0 Å². The molecule has 0 saturated heterocycles. The lowest BCUT2D eigenvalue weighted by atomic mass is 10.0. The number of aromatic nitrogens is 1. The van der Waals surface area contributed by atoms with Gasteiger partial charge < -0.3 is 0 Å². The monoisotopic (exact) mass is 541 g/mol. The van der Waals surface area contributed by atoms with E-state index < -0.39 is 0 Å². The molecule has 1 aromatic rings. The van der Waals surface area contributed by atoms with Crippen LogP contribution >= 0.6 is 0 Å². The zero-order valence-corrected chi connectivity index (χ0v) is 26.9. The number of pyridine rings is 1. The van der Waals surface area contributed by atoms with Crippen LogP contribution in [0.15, 0.2) is 36.7 Å². The predicted octanol–water partition coefficient (Wildman–Crippen LogP) is 12.6. The molecule has 226 valence electrons. The molecule has 1 nitrogen and oxygen atoms in total. The van der Waals surface area contributed by atoms with Crippen molar-refractivity contribution in [3.63, 3.8) is 0 Å². The Hall–Kier alpha value is -1.11. The lowest BCUT2D eigenvalue weighted by molar-refractivity contribution is -0.697. The SMILES string of the molecule is CCCCCCCC/C=C\CCCCCCCC[n+]1cccc(CCCCCCCCCCCCCCC)c1. The van der Waals surface area contributed by atoms with Gasteiger partial charge in [-0.25, -0.2) is 4.57 Å². The Labute approximate surface area is 246 Å². The summed E-state index contributed by atoms with van der Waals surface area (Å²) in [5.74, 6) is 0.